The van der Waals surface area contributed by atoms with Gasteiger partial charge in [0.1, 0.15) is 94.0 Å². The maximum Gasteiger partial charge on any atom is 0.416 e. The number of hydrogen-bond acceptors (Lipinski definition) is 25. The number of thiazole rings is 6. The van der Waals surface area contributed by atoms with E-state index >= 15 is 0 Å². The Labute approximate surface area is 565 Å². The normalized spacial score (nSPS) is 18.2. The first-order valence-corrected chi connectivity index (χ1v) is 34.7. The SMILES string of the molecule is CNC(=O)C[C@@H]1NC(=O)c2csc(n2)-c2ccc(-c3nc(N(Cc4ccc(C(=O)O)nc4)C(=O)OC4CCC(C(=O)O)CC4)cs3)nc2-c2csc(n2)-c2csc(n2)[C@H]([C@@H](O)c2ccccc2)NC(=O)CNC(=O)c2nc(sc2COC)C(C(C)C)NC(=O)c2nc1sc2C. The number of aliphatic carboxylic acids is 1. The topological polar surface area (TPSA) is 382 Å². The molecule has 8 aromatic heterocycles. The van der Waals surface area contributed by atoms with Gasteiger partial charge in [-0.1, -0.05) is 50.2 Å². The molecule has 33 heteroatoms. The van der Waals surface area contributed by atoms with Gasteiger partial charge in [-0.05, 0) is 67.9 Å². The summed E-state index contributed by atoms with van der Waals surface area (Å²) in [6, 6.07) is 12.0. The van der Waals surface area contributed by atoms with Crippen LogP contribution in [0.5, 0.6) is 0 Å². The Balaban J connectivity index is 0.980. The summed E-state index contributed by atoms with van der Waals surface area (Å²) >= 11 is 6.95. The monoisotopic (exact) mass is 1400 g/mol. The number of benzene rings is 1. The summed E-state index contributed by atoms with van der Waals surface area (Å²) in [4.78, 5) is 148. The van der Waals surface area contributed by atoms with Crippen molar-refractivity contribution in [2.75, 3.05) is 25.6 Å². The molecule has 1 aromatic carbocycles. The van der Waals surface area contributed by atoms with Crippen molar-refractivity contribution in [3.8, 4) is 43.4 Å². The molecular weight excluding hydrogens is 1340 g/mol. The van der Waals surface area contributed by atoms with Crippen LogP contribution < -0.4 is 31.5 Å². The van der Waals surface area contributed by atoms with Crippen molar-refractivity contribution in [1.82, 2.24) is 66.5 Å². The van der Waals surface area contributed by atoms with Crippen LogP contribution in [0.2, 0.25) is 0 Å². The predicted molar refractivity (Wildman–Crippen MR) is 354 cm³/mol. The summed E-state index contributed by atoms with van der Waals surface area (Å²) in [6.45, 7) is 4.74. The second-order valence-corrected chi connectivity index (χ2v) is 28.1. The molecule has 0 spiro atoms. The van der Waals surface area contributed by atoms with E-state index in [4.69, 9.17) is 44.4 Å². The van der Waals surface area contributed by atoms with Crippen LogP contribution in [-0.2, 0) is 37.0 Å². The van der Waals surface area contributed by atoms with Crippen molar-refractivity contribution >= 4 is 121 Å². The van der Waals surface area contributed by atoms with Crippen molar-refractivity contribution in [2.24, 2.45) is 11.8 Å². The van der Waals surface area contributed by atoms with Crippen LogP contribution >= 0.6 is 68.0 Å². The molecule has 9 aromatic rings. The van der Waals surface area contributed by atoms with Gasteiger partial charge >= 0.3 is 18.0 Å². The number of aliphatic hydroxyl groups is 1. The molecule has 27 nitrogen and oxygen atoms in total. The lowest BCUT2D eigenvalue weighted by atomic mass is 9.87. The molecule has 10 bridgehead atoms. The number of amides is 6. The molecule has 1 unspecified atom stereocenters. The molecule has 1 fully saturated rings. The number of methoxy groups -OCH3 is 1. The maximum atomic E-state index is 14.5. The highest BCUT2D eigenvalue weighted by atomic mass is 32.1. The van der Waals surface area contributed by atoms with E-state index < -0.39 is 90.4 Å². The molecule has 1 aliphatic carbocycles. The van der Waals surface area contributed by atoms with Gasteiger partial charge < -0.3 is 51.4 Å². The van der Waals surface area contributed by atoms with Crippen LogP contribution in [0.1, 0.15) is 148 Å². The number of pyridine rings is 2. The third kappa shape index (κ3) is 15.5. The number of carbonyl (C=O) groups is 8. The molecule has 2 aliphatic rings. The highest BCUT2D eigenvalue weighted by molar-refractivity contribution is 7.15. The molecule has 1 aliphatic heterocycles. The first kappa shape index (κ1) is 67.2. The van der Waals surface area contributed by atoms with Gasteiger partial charge in [0.15, 0.2) is 0 Å². The third-order valence-electron chi connectivity index (χ3n) is 15.4. The van der Waals surface area contributed by atoms with Gasteiger partial charge in [0.2, 0.25) is 11.8 Å². The maximum absolute atomic E-state index is 14.5. The number of aromatic carboxylic acids is 1. The standard InChI is InChI=1S/C62H60N14O13S6/c1-28(2)45-59-75-48(41(95-59)23-88-5)52(81)65-21-44(78)72-49(50(79)31-9-7-6-8-10-31)58-70-40(26-92-58)56-68-38(24-91-56)47-34(54-69-39(25-90-54)51(80)67-37(19-43(77)63-4)57-74-46(29(3)94-57)53(82)73-45)16-18-35(66-47)55-71-42(27-93-55)76(22-30-11-17-36(61(85)86)64-20-30)62(87)89-33-14-12-32(13-15-33)60(83)84/h6-11,16-18,20,24-28,32-33,37,45,49-50,79H,12-15,19,21-23H2,1-5H3,(H,63,77)(H,65,81)(H,67,80)(H,72,78)(H,73,82)(H,83,84)(H,85,86)/t32?,33?,37-,45?,49-,50-/m0/s1. The Morgan fingerprint density at radius 2 is 1.41 bits per heavy atom. The molecule has 0 radical (unpaired) electrons. The first-order chi connectivity index (χ1) is 45.7. The Morgan fingerprint density at radius 3 is 2.13 bits per heavy atom. The molecule has 4 atom stereocenters. The lowest BCUT2D eigenvalue weighted by Gasteiger charge is -2.28. The van der Waals surface area contributed by atoms with Gasteiger partial charge in [0, 0.05) is 52.3 Å². The van der Waals surface area contributed by atoms with Gasteiger partial charge in [0.05, 0.1) is 54.7 Å². The van der Waals surface area contributed by atoms with Crippen molar-refractivity contribution in [1.29, 1.82) is 0 Å². The molecule has 11 rings (SSSR count). The smallest absolute Gasteiger partial charge is 0.416 e. The zero-order valence-corrected chi connectivity index (χ0v) is 56.1. The van der Waals surface area contributed by atoms with E-state index in [9.17, 15) is 53.7 Å². The number of aromatic nitrogens is 8. The second kappa shape index (κ2) is 29.6. The zero-order valence-electron chi connectivity index (χ0n) is 51.2. The fourth-order valence-corrected chi connectivity index (χ4v) is 16.0. The summed E-state index contributed by atoms with van der Waals surface area (Å²) in [5.41, 5.74) is 2.50. The fraction of sp³-hybridized carbons (Fsp3) is 0.323. The predicted octanol–water partition coefficient (Wildman–Crippen LogP) is 9.19. The van der Waals surface area contributed by atoms with Crippen LogP contribution in [0.15, 0.2) is 82.3 Å². The molecule has 6 amide bonds. The molecule has 1 saturated carbocycles. The van der Waals surface area contributed by atoms with E-state index in [0.29, 0.717) is 94.2 Å². The molecular formula is C62H60N14O13S6. The number of anilines is 1. The Kier molecular flexibility index (Phi) is 20.9. The number of ether oxygens (including phenoxy) is 2. The number of carboxylic acid groups (broad SMARTS) is 2. The minimum Gasteiger partial charge on any atom is -0.481 e. The highest BCUT2D eigenvalue weighted by Crippen LogP contribution is 2.41. The number of rotatable bonds is 14. The number of nitrogens with zero attached hydrogens (tertiary/aromatic N) is 9. The van der Waals surface area contributed by atoms with Crippen molar-refractivity contribution in [2.45, 2.75) is 96.4 Å². The fourth-order valence-electron chi connectivity index (χ4n) is 10.4. The molecule has 492 valence electrons. The van der Waals surface area contributed by atoms with E-state index in [1.807, 2.05) is 13.8 Å². The van der Waals surface area contributed by atoms with Gasteiger partial charge in [-0.15, -0.1) is 68.0 Å². The minimum absolute atomic E-state index is 0.0182. The molecule has 9 heterocycles. The average molecular weight is 1400 g/mol. The van der Waals surface area contributed by atoms with E-state index in [2.05, 4.69) is 31.6 Å². The average Bonchev–Trinajstić information content (AvgIpc) is 1.72. The number of carboxylic acids is 2. The number of aliphatic hydroxyl groups excluding tert-OH is 1. The Hall–Kier alpha value is -9.22. The largest absolute Gasteiger partial charge is 0.481 e. The van der Waals surface area contributed by atoms with Gasteiger partial charge in [-0.25, -0.2) is 49.5 Å². The van der Waals surface area contributed by atoms with E-state index in [1.165, 1.54) is 48.7 Å². The number of nitrogens with one attached hydrogen (secondary N) is 5. The summed E-state index contributed by atoms with van der Waals surface area (Å²) in [7, 11) is 2.91. The summed E-state index contributed by atoms with van der Waals surface area (Å²) in [6.07, 6.45) is -0.281. The van der Waals surface area contributed by atoms with E-state index in [0.717, 1.165) is 56.7 Å². The lowest BCUT2D eigenvalue weighted by Crippen LogP contribution is -2.40. The number of fused-ring (bicyclic) bond motifs is 14. The third-order valence-corrected chi connectivity index (χ3v) is 21.1. The minimum atomic E-state index is -1.32. The van der Waals surface area contributed by atoms with Gasteiger partial charge in [0.25, 0.3) is 17.7 Å². The quantitative estimate of drug-likeness (QED) is 0.0502. The van der Waals surface area contributed by atoms with E-state index in [1.54, 1.807) is 70.9 Å². The summed E-state index contributed by atoms with van der Waals surface area (Å²) in [5.74, 6) is -5.84. The molecule has 0 saturated heterocycles. The van der Waals surface area contributed by atoms with Crippen LogP contribution in [0.4, 0.5) is 10.6 Å². The second-order valence-electron chi connectivity index (χ2n) is 22.3. The summed E-state index contributed by atoms with van der Waals surface area (Å²) in [5, 5.41) is 53.9. The van der Waals surface area contributed by atoms with Crippen LogP contribution in [0.3, 0.4) is 0 Å². The number of carbonyl (C=O) groups excluding carboxylic acids is 6. The first-order valence-electron chi connectivity index (χ1n) is 29.5. The van der Waals surface area contributed by atoms with E-state index in [-0.39, 0.29) is 64.8 Å². The van der Waals surface area contributed by atoms with Crippen molar-refractivity contribution in [3.63, 3.8) is 0 Å². The number of hydrogen-bond donors (Lipinski definition) is 8. The Bertz CT molecular complexity index is 4350. The van der Waals surface area contributed by atoms with Crippen molar-refractivity contribution in [3.05, 3.63) is 141 Å². The lowest BCUT2D eigenvalue weighted by molar-refractivity contribution is -0.143. The van der Waals surface area contributed by atoms with Crippen LogP contribution in [-0.4, -0.2) is 130 Å². The van der Waals surface area contributed by atoms with Gasteiger partial charge in [-0.3, -0.25) is 33.7 Å². The van der Waals surface area contributed by atoms with Crippen LogP contribution in [0.25, 0.3) is 43.4 Å². The van der Waals surface area contributed by atoms with Crippen LogP contribution in [0, 0.1) is 18.8 Å². The number of aryl methyl sites for hydroxylation is 1. The van der Waals surface area contributed by atoms with Crippen molar-refractivity contribution < 1.29 is 63.1 Å². The molecule has 95 heavy (non-hydrogen) atoms. The zero-order chi connectivity index (χ0) is 67.2. The summed E-state index contributed by atoms with van der Waals surface area (Å²) < 4.78 is 11.4. The highest BCUT2D eigenvalue weighted by Gasteiger charge is 2.35. The van der Waals surface area contributed by atoms with Gasteiger partial charge in [-0.2, -0.15) is 0 Å². The Morgan fingerprint density at radius 1 is 0.695 bits per heavy atom. The molecule has 8 N–H and O–H groups in total.